The van der Waals surface area contributed by atoms with E-state index in [9.17, 15) is 24.3 Å². The highest BCUT2D eigenvalue weighted by molar-refractivity contribution is 5.99. The van der Waals surface area contributed by atoms with E-state index in [0.717, 1.165) is 105 Å². The van der Waals surface area contributed by atoms with Crippen molar-refractivity contribution in [3.05, 3.63) is 161 Å². The average molecular weight is 1010 g/mol. The second-order valence-electron chi connectivity index (χ2n) is 19.1. The van der Waals surface area contributed by atoms with Crippen LogP contribution >= 0.6 is 0 Å². The number of morpholine rings is 2. The number of aromatic nitrogens is 8. The summed E-state index contributed by atoms with van der Waals surface area (Å²) >= 11 is 0. The van der Waals surface area contributed by atoms with Crippen LogP contribution in [0, 0.1) is 41.5 Å². The maximum absolute atomic E-state index is 13.6. The molecule has 0 bridgehead atoms. The summed E-state index contributed by atoms with van der Waals surface area (Å²) in [6.07, 6.45) is 8.31. The molecule has 0 radical (unpaired) electrons. The number of carboxylic acids is 1. The lowest BCUT2D eigenvalue weighted by molar-refractivity contribution is 0.0186. The van der Waals surface area contributed by atoms with Crippen molar-refractivity contribution in [2.45, 2.75) is 94.3 Å². The average Bonchev–Trinajstić information content (AvgIpc) is 4.22. The molecule has 10 rings (SSSR count). The lowest BCUT2D eigenvalue weighted by atomic mass is 9.95. The lowest BCUT2D eigenvalue weighted by Gasteiger charge is -2.34. The number of carbonyl (C=O) groups excluding carboxylic acids is 1. The molecular weight excluding hydrogens is 939 g/mol. The van der Waals surface area contributed by atoms with Gasteiger partial charge in [-0.3, -0.25) is 34.4 Å². The number of aryl methyl sites for hydroxylation is 4. The number of ketones is 1. The number of H-pyrrole nitrogens is 4. The molecule has 0 spiro atoms. The smallest absolute Gasteiger partial charge is 0.336 e. The molecule has 10 heterocycles. The summed E-state index contributed by atoms with van der Waals surface area (Å²) in [5, 5.41) is 23.8. The van der Waals surface area contributed by atoms with Gasteiger partial charge in [-0.15, -0.1) is 0 Å². The molecule has 8 aromatic rings. The van der Waals surface area contributed by atoms with Crippen molar-refractivity contribution >= 4 is 22.8 Å². The van der Waals surface area contributed by atoms with Crippen LogP contribution in [0.15, 0.2) is 82.9 Å². The van der Waals surface area contributed by atoms with E-state index >= 15 is 0 Å². The van der Waals surface area contributed by atoms with Gasteiger partial charge in [0, 0.05) is 138 Å². The number of aromatic carboxylic acids is 1. The maximum Gasteiger partial charge on any atom is 0.336 e. The van der Waals surface area contributed by atoms with Crippen LogP contribution in [0.5, 0.6) is 0 Å². The fourth-order valence-electron chi connectivity index (χ4n) is 10.4. The number of nitrogens with two attached hydrogens (primary N) is 1. The number of fused-ring (bicyclic) bond motifs is 2. The van der Waals surface area contributed by atoms with Gasteiger partial charge in [0.05, 0.1) is 43.4 Å². The van der Waals surface area contributed by atoms with Crippen molar-refractivity contribution in [2.24, 2.45) is 5.73 Å². The van der Waals surface area contributed by atoms with Crippen LogP contribution < -0.4 is 16.9 Å². The molecule has 74 heavy (non-hydrogen) atoms. The standard InChI is InChI=1S/C28H33N5O3.C19H22N4O3.C8H12N2O.CH4/c1-17-13-18(2)30-28(35)23(17)5-6-26(34)24-15-22-14-21(25-7-8-29-31-25)16-33(22)27(19(24)3)20(4)32-9-11-36-12-10-32;1-12-16(19(24)25)10-15-9-14(17-3-4-20-21-17)11-23(15)18(12)13(2)22-5-7-26-8-6-22;1-5-3-6(2)10-8(11)7(5)4-9;/h7-8,13-16,20H,5-6,9-12H2,1-4H3,(H,29,31)(H,30,35);3-4,9-11,13H,5-8H2,1-2H3,(H,20,21)(H,24,25);3H,4,9H2,1-2H3,(H,10,11);1H4. The summed E-state index contributed by atoms with van der Waals surface area (Å²) in [7, 11) is 0. The molecule has 2 aliphatic rings. The van der Waals surface area contributed by atoms with Crippen LogP contribution in [-0.4, -0.2) is 118 Å². The number of nitrogens with zero attached hydrogens (tertiary/aromatic N) is 6. The van der Waals surface area contributed by atoms with Crippen molar-refractivity contribution in [2.75, 3.05) is 52.6 Å². The molecule has 0 aliphatic carbocycles. The minimum absolute atomic E-state index is 0. The first-order valence-corrected chi connectivity index (χ1v) is 24.8. The van der Waals surface area contributed by atoms with E-state index in [4.69, 9.17) is 15.2 Å². The van der Waals surface area contributed by atoms with Gasteiger partial charge < -0.3 is 39.1 Å². The number of pyridine rings is 4. The number of ether oxygens (including phenoxy) is 2. The summed E-state index contributed by atoms with van der Waals surface area (Å²) in [4.78, 5) is 59.3. The van der Waals surface area contributed by atoms with E-state index < -0.39 is 5.97 Å². The summed E-state index contributed by atoms with van der Waals surface area (Å²) < 4.78 is 15.4. The van der Waals surface area contributed by atoms with Crippen LogP contribution in [0.1, 0.15) is 117 Å². The quantitative estimate of drug-likeness (QED) is 0.0640. The lowest BCUT2D eigenvalue weighted by Crippen LogP contribution is -2.39. The van der Waals surface area contributed by atoms with Crippen LogP contribution in [0.4, 0.5) is 0 Å². The Kier molecular flexibility index (Phi) is 17.5. The first kappa shape index (κ1) is 54.6. The Morgan fingerprint density at radius 1 is 0.662 bits per heavy atom. The molecule has 7 N–H and O–H groups in total. The Morgan fingerprint density at radius 2 is 1.09 bits per heavy atom. The fraction of sp³-hybridized carbons (Fsp3) is 0.393. The monoisotopic (exact) mass is 1010 g/mol. The van der Waals surface area contributed by atoms with E-state index in [1.165, 1.54) is 0 Å². The second kappa shape index (κ2) is 23.8. The number of carbonyl (C=O) groups is 2. The van der Waals surface area contributed by atoms with Gasteiger partial charge in [-0.05, 0) is 133 Å². The van der Waals surface area contributed by atoms with Crippen LogP contribution in [0.25, 0.3) is 33.5 Å². The highest BCUT2D eigenvalue weighted by Gasteiger charge is 2.28. The molecule has 18 heteroatoms. The van der Waals surface area contributed by atoms with E-state index in [2.05, 4.69) is 75.1 Å². The predicted molar refractivity (Wildman–Crippen MR) is 288 cm³/mol. The van der Waals surface area contributed by atoms with Crippen LogP contribution in [0.3, 0.4) is 0 Å². The molecule has 2 unspecified atom stereocenters. The van der Waals surface area contributed by atoms with Gasteiger partial charge in [-0.2, -0.15) is 10.2 Å². The predicted octanol–water partition coefficient (Wildman–Crippen LogP) is 7.97. The number of nitrogens with one attached hydrogen (secondary N) is 4. The zero-order valence-corrected chi connectivity index (χ0v) is 43.0. The minimum Gasteiger partial charge on any atom is -0.478 e. The van der Waals surface area contributed by atoms with Gasteiger partial charge in [0.1, 0.15) is 0 Å². The Balaban J connectivity index is 0.000000183. The Labute approximate surface area is 430 Å². The van der Waals surface area contributed by atoms with Crippen molar-refractivity contribution < 1.29 is 24.2 Å². The van der Waals surface area contributed by atoms with E-state index in [1.807, 2.05) is 84.1 Å². The minimum atomic E-state index is -0.898. The van der Waals surface area contributed by atoms with Gasteiger partial charge in [-0.25, -0.2) is 4.79 Å². The van der Waals surface area contributed by atoms with Crippen molar-refractivity contribution in [3.63, 3.8) is 0 Å². The Hall–Kier alpha value is -7.22. The van der Waals surface area contributed by atoms with Crippen molar-refractivity contribution in [3.8, 4) is 22.5 Å². The van der Waals surface area contributed by atoms with Crippen molar-refractivity contribution in [1.29, 1.82) is 0 Å². The SMILES string of the molecule is C.Cc1c(C(=O)O)cc2cc(-c3ccn[nH]3)cn2c1C(C)N1CCOCC1.Cc1cc(C)c(CCC(=O)c2cc3cc(-c4ccn[nH]4)cn3c(C(C)N3CCOCC3)c2C)c(=O)[nH]1.Cc1cc(C)c(CN)c(=O)[nH]1. The van der Waals surface area contributed by atoms with Gasteiger partial charge in [-0.1, -0.05) is 7.43 Å². The molecule has 2 saturated heterocycles. The molecule has 2 fully saturated rings. The van der Waals surface area contributed by atoms with Crippen LogP contribution in [-0.2, 0) is 22.4 Å². The van der Waals surface area contributed by atoms with E-state index in [0.29, 0.717) is 61.6 Å². The van der Waals surface area contributed by atoms with Gasteiger partial charge >= 0.3 is 5.97 Å². The fourth-order valence-corrected chi connectivity index (χ4v) is 10.4. The van der Waals surface area contributed by atoms with E-state index in [-0.39, 0.29) is 42.8 Å². The molecule has 0 aromatic carbocycles. The number of carboxylic acid groups (broad SMARTS) is 1. The largest absolute Gasteiger partial charge is 0.478 e. The zero-order chi connectivity index (χ0) is 52.1. The highest BCUT2D eigenvalue weighted by atomic mass is 16.5. The summed E-state index contributed by atoms with van der Waals surface area (Å²) in [6.45, 7) is 22.3. The molecule has 2 aliphatic heterocycles. The molecule has 0 saturated carbocycles. The Morgan fingerprint density at radius 3 is 1.50 bits per heavy atom. The van der Waals surface area contributed by atoms with Gasteiger partial charge in [0.2, 0.25) is 0 Å². The molecule has 8 aromatic heterocycles. The third-order valence-corrected chi connectivity index (χ3v) is 14.3. The van der Waals surface area contributed by atoms with Crippen molar-refractivity contribution in [1.82, 2.24) is 49.0 Å². The summed E-state index contributed by atoms with van der Waals surface area (Å²) in [5.74, 6) is -0.848. The Bertz CT molecular complexity index is 3350. The molecule has 18 nitrogen and oxygen atoms in total. The molecule has 392 valence electrons. The van der Waals surface area contributed by atoms with Crippen LogP contribution in [0.2, 0.25) is 0 Å². The molecular formula is C56H71N11O7. The number of aromatic amines is 4. The van der Waals surface area contributed by atoms with Gasteiger partial charge in [0.25, 0.3) is 11.1 Å². The second-order valence-corrected chi connectivity index (χ2v) is 19.1. The molecule has 0 amide bonds. The third kappa shape index (κ3) is 11.7. The zero-order valence-electron chi connectivity index (χ0n) is 43.0. The molecule has 2 atom stereocenters. The number of rotatable bonds is 12. The maximum atomic E-state index is 13.6. The first-order chi connectivity index (χ1) is 35.0. The normalized spacial score (nSPS) is 14.9. The van der Waals surface area contributed by atoms with Gasteiger partial charge in [0.15, 0.2) is 5.78 Å². The number of Topliss-reactive ketones (excluding diaryl/α,β-unsaturated/α-hetero) is 1. The number of hydrogen-bond donors (Lipinski definition) is 6. The topological polar surface area (TPSA) is 237 Å². The number of hydrogen-bond acceptors (Lipinski definition) is 11. The summed E-state index contributed by atoms with van der Waals surface area (Å²) in [5.41, 5.74) is 20.8. The highest BCUT2D eigenvalue weighted by Crippen LogP contribution is 2.34. The third-order valence-electron chi connectivity index (χ3n) is 14.3. The van der Waals surface area contributed by atoms with E-state index in [1.54, 1.807) is 18.5 Å². The summed E-state index contributed by atoms with van der Waals surface area (Å²) in [6, 6.07) is 15.7. The first-order valence-electron chi connectivity index (χ1n) is 24.8.